The van der Waals surface area contributed by atoms with Crippen LogP contribution in [0.15, 0.2) is 54.6 Å². The summed E-state index contributed by atoms with van der Waals surface area (Å²) in [5.41, 5.74) is 3.16. The van der Waals surface area contributed by atoms with Gasteiger partial charge in [0.15, 0.2) is 0 Å². The van der Waals surface area contributed by atoms with E-state index in [0.29, 0.717) is 6.42 Å². The van der Waals surface area contributed by atoms with E-state index in [1.54, 1.807) is 0 Å². The molecule has 0 amide bonds. The molecule has 0 saturated heterocycles. The Morgan fingerprint density at radius 1 is 1.05 bits per heavy atom. The van der Waals surface area contributed by atoms with Crippen molar-refractivity contribution in [3.05, 3.63) is 71.3 Å². The normalized spacial score (nSPS) is 21.2. The molecule has 0 fully saturated rings. The average molecular weight is 301 g/mol. The fraction of sp³-hybridized carbons (Fsp3) is 0.294. The highest BCUT2D eigenvalue weighted by Crippen LogP contribution is 2.39. The first-order valence-corrected chi connectivity index (χ1v) is 9.14. The topological polar surface area (TPSA) is 46.2 Å². The Morgan fingerprint density at radius 2 is 1.71 bits per heavy atom. The van der Waals surface area contributed by atoms with Crippen LogP contribution in [0.4, 0.5) is 0 Å². The van der Waals surface area contributed by atoms with Gasteiger partial charge in [0.05, 0.1) is 11.3 Å². The molecule has 0 radical (unpaired) electrons. The van der Waals surface area contributed by atoms with Crippen LogP contribution in [0.3, 0.4) is 0 Å². The molecule has 4 heteroatoms. The molecule has 0 saturated carbocycles. The van der Waals surface area contributed by atoms with Crippen LogP contribution in [0.5, 0.6) is 0 Å². The minimum Gasteiger partial charge on any atom is -0.300 e. The third-order valence-electron chi connectivity index (χ3n) is 4.17. The minimum absolute atomic E-state index is 0.170. The van der Waals surface area contributed by atoms with E-state index in [0.717, 1.165) is 12.1 Å². The van der Waals surface area contributed by atoms with Crippen LogP contribution in [0, 0.1) is 0 Å². The Bertz CT molecular complexity index is 740. The standard InChI is InChI=1S/C17H19NO2S/c1-21(19,20)12-11-17(15-8-3-2-4-9-15)16-10-6-5-7-14(16)13-18-17/h2-10,18H,11-13H2,1H3. The van der Waals surface area contributed by atoms with Gasteiger partial charge in [-0.15, -0.1) is 0 Å². The Morgan fingerprint density at radius 3 is 2.43 bits per heavy atom. The number of benzene rings is 2. The molecule has 1 heterocycles. The van der Waals surface area contributed by atoms with E-state index in [1.165, 1.54) is 17.4 Å². The van der Waals surface area contributed by atoms with Crippen molar-refractivity contribution < 1.29 is 8.42 Å². The van der Waals surface area contributed by atoms with Gasteiger partial charge >= 0.3 is 0 Å². The molecule has 1 aliphatic heterocycles. The Kier molecular flexibility index (Phi) is 3.59. The van der Waals surface area contributed by atoms with Crippen LogP contribution >= 0.6 is 0 Å². The lowest BCUT2D eigenvalue weighted by molar-refractivity contribution is 0.421. The van der Waals surface area contributed by atoms with E-state index in [4.69, 9.17) is 0 Å². The van der Waals surface area contributed by atoms with Crippen molar-refractivity contribution in [3.63, 3.8) is 0 Å². The van der Waals surface area contributed by atoms with Gasteiger partial charge in [-0.05, 0) is 23.1 Å². The summed E-state index contributed by atoms with van der Waals surface area (Å²) >= 11 is 0. The van der Waals surface area contributed by atoms with Gasteiger partial charge in [-0.3, -0.25) is 5.32 Å². The molecule has 2 aromatic carbocycles. The molecule has 1 aliphatic rings. The van der Waals surface area contributed by atoms with Crippen molar-refractivity contribution in [1.82, 2.24) is 5.32 Å². The lowest BCUT2D eigenvalue weighted by Gasteiger charge is -2.31. The van der Waals surface area contributed by atoms with Crippen LogP contribution in [-0.2, 0) is 21.9 Å². The maximum Gasteiger partial charge on any atom is 0.147 e. The molecule has 0 aromatic heterocycles. The second-order valence-electron chi connectivity index (χ2n) is 5.66. The Hall–Kier alpha value is -1.65. The summed E-state index contributed by atoms with van der Waals surface area (Å²) in [5.74, 6) is 0.170. The SMILES string of the molecule is CS(=O)(=O)CCC1(c2ccccc2)NCc2ccccc21. The molecule has 0 bridgehead atoms. The third-order valence-corrected chi connectivity index (χ3v) is 5.12. The van der Waals surface area contributed by atoms with Crippen molar-refractivity contribution in [1.29, 1.82) is 0 Å². The Balaban J connectivity index is 2.09. The average Bonchev–Trinajstić information content (AvgIpc) is 2.86. The van der Waals surface area contributed by atoms with Gasteiger partial charge in [0.2, 0.25) is 0 Å². The Labute approximate surface area is 125 Å². The van der Waals surface area contributed by atoms with E-state index in [2.05, 4.69) is 29.6 Å². The first-order chi connectivity index (χ1) is 10.0. The zero-order valence-electron chi connectivity index (χ0n) is 12.0. The van der Waals surface area contributed by atoms with E-state index in [1.807, 2.05) is 30.3 Å². The maximum atomic E-state index is 11.6. The first-order valence-electron chi connectivity index (χ1n) is 7.08. The van der Waals surface area contributed by atoms with Gasteiger partial charge in [-0.1, -0.05) is 54.6 Å². The van der Waals surface area contributed by atoms with Gasteiger partial charge in [0.1, 0.15) is 9.84 Å². The molecule has 1 unspecified atom stereocenters. The van der Waals surface area contributed by atoms with E-state index >= 15 is 0 Å². The monoisotopic (exact) mass is 301 g/mol. The number of nitrogens with one attached hydrogen (secondary N) is 1. The number of hydrogen-bond acceptors (Lipinski definition) is 3. The lowest BCUT2D eigenvalue weighted by Crippen LogP contribution is -2.39. The van der Waals surface area contributed by atoms with Crippen LogP contribution in [0.25, 0.3) is 0 Å². The van der Waals surface area contributed by atoms with E-state index in [-0.39, 0.29) is 5.75 Å². The summed E-state index contributed by atoms with van der Waals surface area (Å²) in [6, 6.07) is 18.4. The fourth-order valence-electron chi connectivity index (χ4n) is 3.12. The second-order valence-corrected chi connectivity index (χ2v) is 7.92. The van der Waals surface area contributed by atoms with Gasteiger partial charge < -0.3 is 0 Å². The summed E-state index contributed by atoms with van der Waals surface area (Å²) in [7, 11) is -3.00. The van der Waals surface area contributed by atoms with Crippen LogP contribution in [0.1, 0.15) is 23.1 Å². The van der Waals surface area contributed by atoms with E-state index in [9.17, 15) is 8.42 Å². The van der Waals surface area contributed by atoms with Crippen LogP contribution in [0.2, 0.25) is 0 Å². The summed E-state index contributed by atoms with van der Waals surface area (Å²) in [6.45, 7) is 0.773. The molecule has 1 atom stereocenters. The molecule has 21 heavy (non-hydrogen) atoms. The first kappa shape index (κ1) is 14.3. The largest absolute Gasteiger partial charge is 0.300 e. The molecular weight excluding hydrogens is 282 g/mol. The van der Waals surface area contributed by atoms with Crippen molar-refractivity contribution in [2.45, 2.75) is 18.5 Å². The zero-order chi connectivity index (χ0) is 14.9. The number of rotatable bonds is 4. The van der Waals surface area contributed by atoms with Crippen molar-refractivity contribution >= 4 is 9.84 Å². The minimum atomic E-state index is -3.00. The molecule has 2 aromatic rings. The van der Waals surface area contributed by atoms with Crippen LogP contribution in [-0.4, -0.2) is 20.4 Å². The molecule has 110 valence electrons. The highest BCUT2D eigenvalue weighted by Gasteiger charge is 2.39. The van der Waals surface area contributed by atoms with E-state index < -0.39 is 15.4 Å². The van der Waals surface area contributed by atoms with Crippen molar-refractivity contribution in [2.75, 3.05) is 12.0 Å². The zero-order valence-corrected chi connectivity index (χ0v) is 12.9. The number of hydrogen-bond donors (Lipinski definition) is 1. The summed E-state index contributed by atoms with van der Waals surface area (Å²) < 4.78 is 23.3. The smallest absolute Gasteiger partial charge is 0.147 e. The predicted octanol–water partition coefficient (Wildman–Crippen LogP) is 2.47. The molecule has 0 spiro atoms. The number of fused-ring (bicyclic) bond motifs is 1. The van der Waals surface area contributed by atoms with Gasteiger partial charge in [0.25, 0.3) is 0 Å². The second kappa shape index (κ2) is 5.28. The molecular formula is C17H19NO2S. The fourth-order valence-corrected chi connectivity index (χ4v) is 3.80. The summed E-state index contributed by atoms with van der Waals surface area (Å²) in [5, 5.41) is 3.56. The summed E-state index contributed by atoms with van der Waals surface area (Å²) in [4.78, 5) is 0. The maximum absolute atomic E-state index is 11.6. The third kappa shape index (κ3) is 2.74. The molecule has 1 N–H and O–H groups in total. The molecule has 3 nitrogen and oxygen atoms in total. The highest BCUT2D eigenvalue weighted by molar-refractivity contribution is 7.90. The van der Waals surface area contributed by atoms with Gasteiger partial charge in [0, 0.05) is 12.8 Å². The van der Waals surface area contributed by atoms with Gasteiger partial charge in [-0.2, -0.15) is 0 Å². The quantitative estimate of drug-likeness (QED) is 0.943. The molecule has 3 rings (SSSR count). The predicted molar refractivity (Wildman–Crippen MR) is 84.8 cm³/mol. The highest BCUT2D eigenvalue weighted by atomic mass is 32.2. The van der Waals surface area contributed by atoms with Crippen molar-refractivity contribution in [2.24, 2.45) is 0 Å². The molecule has 0 aliphatic carbocycles. The van der Waals surface area contributed by atoms with Crippen LogP contribution < -0.4 is 5.32 Å². The number of sulfone groups is 1. The lowest BCUT2D eigenvalue weighted by atomic mass is 9.81. The summed E-state index contributed by atoms with van der Waals surface area (Å²) in [6.07, 6.45) is 1.85. The van der Waals surface area contributed by atoms with Crippen molar-refractivity contribution in [3.8, 4) is 0 Å². The van der Waals surface area contributed by atoms with Gasteiger partial charge in [-0.25, -0.2) is 8.42 Å².